The topological polar surface area (TPSA) is 12.9 Å². The van der Waals surface area contributed by atoms with Crippen LogP contribution in [-0.4, -0.2) is 4.98 Å². The van der Waals surface area contributed by atoms with Gasteiger partial charge in [-0.2, -0.15) is 0 Å². The highest BCUT2D eigenvalue weighted by Crippen LogP contribution is 2.29. The van der Waals surface area contributed by atoms with E-state index in [1.165, 1.54) is 43.2 Å². The predicted octanol–water partition coefficient (Wildman–Crippen LogP) is 4.64. The summed E-state index contributed by atoms with van der Waals surface area (Å²) in [7, 11) is 0. The summed E-state index contributed by atoms with van der Waals surface area (Å²) in [6.45, 7) is 9.03. The van der Waals surface area contributed by atoms with Crippen LogP contribution in [0.4, 0.5) is 0 Å². The first-order chi connectivity index (χ1) is 7.56. The average Bonchev–Trinajstić information content (AvgIpc) is 2.24. The lowest BCUT2D eigenvalue weighted by Gasteiger charge is -2.25. The Morgan fingerprint density at radius 3 is 2.50 bits per heavy atom. The van der Waals surface area contributed by atoms with E-state index in [0.717, 1.165) is 0 Å². The lowest BCUT2D eigenvalue weighted by atomic mass is 9.80. The standard InChI is InChI=1S/C15H25N/c1-5-6-7-8-9-15(3,4)14-10-13(2)11-16-12-14/h10-12H,5-9H2,1-4H3. The zero-order valence-electron chi connectivity index (χ0n) is 11.2. The van der Waals surface area contributed by atoms with Crippen molar-refractivity contribution in [2.45, 2.75) is 65.2 Å². The number of pyridine rings is 1. The molecule has 90 valence electrons. The van der Waals surface area contributed by atoms with Gasteiger partial charge in [-0.3, -0.25) is 4.98 Å². The third kappa shape index (κ3) is 3.96. The molecule has 0 amide bonds. The average molecular weight is 219 g/mol. The first-order valence-corrected chi connectivity index (χ1v) is 6.48. The van der Waals surface area contributed by atoms with Crippen LogP contribution in [0.3, 0.4) is 0 Å². The molecule has 0 N–H and O–H groups in total. The molecule has 1 aromatic rings. The van der Waals surface area contributed by atoms with Crippen molar-refractivity contribution in [3.05, 3.63) is 29.6 Å². The van der Waals surface area contributed by atoms with E-state index in [4.69, 9.17) is 0 Å². The quantitative estimate of drug-likeness (QED) is 0.635. The lowest BCUT2D eigenvalue weighted by molar-refractivity contribution is 0.444. The molecule has 0 aliphatic heterocycles. The van der Waals surface area contributed by atoms with Gasteiger partial charge in [0.2, 0.25) is 0 Å². The minimum atomic E-state index is 0.271. The summed E-state index contributed by atoms with van der Waals surface area (Å²) in [6.07, 6.45) is 10.6. The Hall–Kier alpha value is -0.850. The summed E-state index contributed by atoms with van der Waals surface area (Å²) in [5, 5.41) is 0. The molecular formula is C15H25N. The van der Waals surface area contributed by atoms with Crippen LogP contribution >= 0.6 is 0 Å². The first kappa shape index (κ1) is 13.2. The summed E-state index contributed by atoms with van der Waals surface area (Å²) < 4.78 is 0. The summed E-state index contributed by atoms with van der Waals surface area (Å²) in [5.74, 6) is 0. The van der Waals surface area contributed by atoms with Gasteiger partial charge in [-0.1, -0.05) is 52.5 Å². The Balaban J connectivity index is 2.55. The van der Waals surface area contributed by atoms with Crippen molar-refractivity contribution < 1.29 is 0 Å². The van der Waals surface area contributed by atoms with Gasteiger partial charge in [0, 0.05) is 12.4 Å². The van der Waals surface area contributed by atoms with Gasteiger partial charge in [0.05, 0.1) is 0 Å². The Kier molecular flexibility index (Phi) is 4.98. The second kappa shape index (κ2) is 6.03. The number of hydrogen-bond donors (Lipinski definition) is 0. The van der Waals surface area contributed by atoms with Crippen molar-refractivity contribution in [1.82, 2.24) is 4.98 Å². The number of aryl methyl sites for hydroxylation is 1. The van der Waals surface area contributed by atoms with Crippen LogP contribution in [0.25, 0.3) is 0 Å². The molecule has 1 heterocycles. The van der Waals surface area contributed by atoms with Gasteiger partial charge in [0.25, 0.3) is 0 Å². The molecule has 0 saturated heterocycles. The van der Waals surface area contributed by atoms with E-state index in [1.807, 2.05) is 12.4 Å². The molecule has 0 atom stereocenters. The fourth-order valence-corrected chi connectivity index (χ4v) is 2.06. The zero-order chi connectivity index (χ0) is 12.0. The van der Waals surface area contributed by atoms with Crippen molar-refractivity contribution in [1.29, 1.82) is 0 Å². The molecule has 0 aliphatic carbocycles. The van der Waals surface area contributed by atoms with Crippen LogP contribution in [0.2, 0.25) is 0 Å². The summed E-state index contributed by atoms with van der Waals surface area (Å²) in [4.78, 5) is 4.29. The summed E-state index contributed by atoms with van der Waals surface area (Å²) in [5.41, 5.74) is 2.91. The summed E-state index contributed by atoms with van der Waals surface area (Å²) >= 11 is 0. The number of unbranched alkanes of at least 4 members (excludes halogenated alkanes) is 3. The monoisotopic (exact) mass is 219 g/mol. The van der Waals surface area contributed by atoms with Gasteiger partial charge in [0.1, 0.15) is 0 Å². The SMILES string of the molecule is CCCCCCC(C)(C)c1cncc(C)c1. The number of rotatable bonds is 6. The van der Waals surface area contributed by atoms with Crippen molar-refractivity contribution in [2.75, 3.05) is 0 Å². The van der Waals surface area contributed by atoms with Crippen LogP contribution in [-0.2, 0) is 5.41 Å². The Morgan fingerprint density at radius 1 is 1.12 bits per heavy atom. The highest BCUT2D eigenvalue weighted by Gasteiger charge is 2.20. The molecule has 0 saturated carbocycles. The molecule has 1 nitrogen and oxygen atoms in total. The molecule has 0 fully saturated rings. The first-order valence-electron chi connectivity index (χ1n) is 6.48. The molecule has 0 unspecified atom stereocenters. The largest absolute Gasteiger partial charge is 0.264 e. The number of aromatic nitrogens is 1. The van der Waals surface area contributed by atoms with Crippen LogP contribution in [0.15, 0.2) is 18.5 Å². The van der Waals surface area contributed by atoms with Crippen molar-refractivity contribution in [3.8, 4) is 0 Å². The lowest BCUT2D eigenvalue weighted by Crippen LogP contribution is -2.17. The van der Waals surface area contributed by atoms with E-state index in [0.29, 0.717) is 0 Å². The van der Waals surface area contributed by atoms with E-state index < -0.39 is 0 Å². The van der Waals surface area contributed by atoms with Gasteiger partial charge >= 0.3 is 0 Å². The van der Waals surface area contributed by atoms with Crippen molar-refractivity contribution >= 4 is 0 Å². The van der Waals surface area contributed by atoms with Crippen LogP contribution < -0.4 is 0 Å². The van der Waals surface area contributed by atoms with E-state index in [9.17, 15) is 0 Å². The zero-order valence-corrected chi connectivity index (χ0v) is 11.2. The minimum absolute atomic E-state index is 0.271. The molecular weight excluding hydrogens is 194 g/mol. The second-order valence-electron chi connectivity index (χ2n) is 5.45. The Labute approximate surface area is 100 Å². The highest BCUT2D eigenvalue weighted by molar-refractivity contribution is 5.24. The van der Waals surface area contributed by atoms with Crippen LogP contribution in [0, 0.1) is 6.92 Å². The molecule has 0 radical (unpaired) electrons. The van der Waals surface area contributed by atoms with Gasteiger partial charge < -0.3 is 0 Å². The predicted molar refractivity (Wildman–Crippen MR) is 70.8 cm³/mol. The minimum Gasteiger partial charge on any atom is -0.264 e. The molecule has 1 rings (SSSR count). The Morgan fingerprint density at radius 2 is 1.88 bits per heavy atom. The van der Waals surface area contributed by atoms with Gasteiger partial charge in [0.15, 0.2) is 0 Å². The maximum atomic E-state index is 4.29. The van der Waals surface area contributed by atoms with Crippen LogP contribution in [0.1, 0.15) is 64.0 Å². The Bertz CT molecular complexity index is 315. The normalized spacial score (nSPS) is 11.8. The molecule has 0 aromatic carbocycles. The smallest absolute Gasteiger partial charge is 0.0305 e. The number of hydrogen-bond acceptors (Lipinski definition) is 1. The van der Waals surface area contributed by atoms with Crippen molar-refractivity contribution in [3.63, 3.8) is 0 Å². The van der Waals surface area contributed by atoms with E-state index >= 15 is 0 Å². The molecule has 16 heavy (non-hydrogen) atoms. The second-order valence-corrected chi connectivity index (χ2v) is 5.45. The number of nitrogens with zero attached hydrogens (tertiary/aromatic N) is 1. The summed E-state index contributed by atoms with van der Waals surface area (Å²) in [6, 6.07) is 2.27. The molecule has 0 spiro atoms. The van der Waals surface area contributed by atoms with Gasteiger partial charge in [-0.25, -0.2) is 0 Å². The van der Waals surface area contributed by atoms with E-state index in [-0.39, 0.29) is 5.41 Å². The van der Waals surface area contributed by atoms with Crippen LogP contribution in [0.5, 0.6) is 0 Å². The maximum absolute atomic E-state index is 4.29. The third-order valence-corrected chi connectivity index (χ3v) is 3.31. The van der Waals surface area contributed by atoms with E-state index in [1.54, 1.807) is 0 Å². The fourth-order valence-electron chi connectivity index (χ4n) is 2.06. The van der Waals surface area contributed by atoms with Crippen molar-refractivity contribution in [2.24, 2.45) is 0 Å². The molecule has 0 bridgehead atoms. The highest BCUT2D eigenvalue weighted by atomic mass is 14.6. The molecule has 1 heteroatoms. The maximum Gasteiger partial charge on any atom is 0.0305 e. The third-order valence-electron chi connectivity index (χ3n) is 3.31. The fraction of sp³-hybridized carbons (Fsp3) is 0.667. The van der Waals surface area contributed by atoms with E-state index in [2.05, 4.69) is 38.7 Å². The molecule has 1 aromatic heterocycles. The van der Waals surface area contributed by atoms with Gasteiger partial charge in [-0.15, -0.1) is 0 Å². The van der Waals surface area contributed by atoms with Gasteiger partial charge in [-0.05, 0) is 29.9 Å². The molecule has 0 aliphatic rings.